The van der Waals surface area contributed by atoms with E-state index in [0.29, 0.717) is 21.3 Å². The van der Waals surface area contributed by atoms with E-state index in [1.54, 1.807) is 45.3 Å². The fourth-order valence-electron chi connectivity index (χ4n) is 2.03. The Morgan fingerprint density at radius 3 is 2.42 bits per heavy atom. The van der Waals surface area contributed by atoms with Crippen LogP contribution in [-0.2, 0) is 4.79 Å². The monoisotopic (exact) mass is 345 g/mol. The van der Waals surface area contributed by atoms with E-state index in [1.807, 2.05) is 6.07 Å². The maximum Gasteiger partial charge on any atom is 0.265 e. The summed E-state index contributed by atoms with van der Waals surface area (Å²) in [4.78, 5) is 42.1. The van der Waals surface area contributed by atoms with Gasteiger partial charge in [-0.3, -0.25) is 14.4 Å². The zero-order chi connectivity index (χ0) is 17.7. The van der Waals surface area contributed by atoms with Crippen molar-refractivity contribution in [3.05, 3.63) is 46.5 Å². The quantitative estimate of drug-likeness (QED) is 0.817. The number of benzene rings is 1. The Kier molecular flexibility index (Phi) is 5.81. The lowest BCUT2D eigenvalue weighted by Crippen LogP contribution is -2.21. The predicted octanol–water partition coefficient (Wildman–Crippen LogP) is 2.75. The molecule has 0 saturated carbocycles. The average molecular weight is 345 g/mol. The molecule has 2 amide bonds. The molecule has 6 nitrogen and oxygen atoms in total. The minimum absolute atomic E-state index is 0.0727. The Balaban J connectivity index is 1.92. The van der Waals surface area contributed by atoms with Crippen molar-refractivity contribution in [3.63, 3.8) is 0 Å². The van der Waals surface area contributed by atoms with Crippen LogP contribution >= 0.6 is 11.3 Å². The number of thiazole rings is 1. The van der Waals surface area contributed by atoms with Crippen molar-refractivity contribution < 1.29 is 14.4 Å². The molecule has 7 heteroatoms. The third-order valence-corrected chi connectivity index (χ3v) is 4.38. The highest BCUT2D eigenvalue weighted by Gasteiger charge is 2.18. The lowest BCUT2D eigenvalue weighted by atomic mass is 10.1. The summed E-state index contributed by atoms with van der Waals surface area (Å²) in [5.74, 6) is -0.522. The number of rotatable bonds is 6. The molecular weight excluding hydrogens is 326 g/mol. The third kappa shape index (κ3) is 4.48. The Hall–Kier alpha value is -2.54. The lowest BCUT2D eigenvalue weighted by molar-refractivity contribution is -0.116. The van der Waals surface area contributed by atoms with Crippen LogP contribution in [0.25, 0.3) is 0 Å². The molecule has 126 valence electrons. The van der Waals surface area contributed by atoms with E-state index in [9.17, 15) is 14.4 Å². The van der Waals surface area contributed by atoms with E-state index in [2.05, 4.69) is 10.3 Å². The number of anilines is 1. The normalized spacial score (nSPS) is 10.3. The fraction of sp³-hybridized carbons (Fsp3) is 0.294. The van der Waals surface area contributed by atoms with Gasteiger partial charge in [0.2, 0.25) is 5.91 Å². The summed E-state index contributed by atoms with van der Waals surface area (Å²) in [7, 11) is 3.32. The summed E-state index contributed by atoms with van der Waals surface area (Å²) < 4.78 is 0. The molecule has 1 N–H and O–H groups in total. The van der Waals surface area contributed by atoms with Gasteiger partial charge in [0.05, 0.1) is 5.69 Å². The molecule has 0 unspecified atom stereocenters. The number of hydrogen-bond acceptors (Lipinski definition) is 5. The van der Waals surface area contributed by atoms with Gasteiger partial charge in [0, 0.05) is 32.5 Å². The van der Waals surface area contributed by atoms with E-state index in [4.69, 9.17) is 0 Å². The van der Waals surface area contributed by atoms with Crippen molar-refractivity contribution in [1.29, 1.82) is 0 Å². The molecule has 2 aromatic rings. The number of amides is 2. The van der Waals surface area contributed by atoms with Crippen molar-refractivity contribution in [2.75, 3.05) is 19.4 Å². The van der Waals surface area contributed by atoms with Crippen LogP contribution < -0.4 is 5.32 Å². The SMILES string of the molecule is Cc1nc(NC(=O)CCC(=O)c2ccccc2)sc1C(=O)N(C)C. The zero-order valence-corrected chi connectivity index (χ0v) is 14.6. The van der Waals surface area contributed by atoms with Gasteiger partial charge >= 0.3 is 0 Å². The van der Waals surface area contributed by atoms with Crippen molar-refractivity contribution in [2.24, 2.45) is 0 Å². The summed E-state index contributed by atoms with van der Waals surface area (Å²) >= 11 is 1.14. The van der Waals surface area contributed by atoms with E-state index in [0.717, 1.165) is 11.3 Å². The number of carbonyl (C=O) groups is 3. The molecule has 1 aromatic heterocycles. The van der Waals surface area contributed by atoms with Crippen molar-refractivity contribution in [3.8, 4) is 0 Å². The Morgan fingerprint density at radius 2 is 1.79 bits per heavy atom. The minimum Gasteiger partial charge on any atom is -0.344 e. The smallest absolute Gasteiger partial charge is 0.265 e. The molecule has 1 aromatic carbocycles. The van der Waals surface area contributed by atoms with Gasteiger partial charge < -0.3 is 10.2 Å². The van der Waals surface area contributed by atoms with Crippen LogP contribution in [0.1, 0.15) is 38.6 Å². The zero-order valence-electron chi connectivity index (χ0n) is 13.8. The highest BCUT2D eigenvalue weighted by atomic mass is 32.1. The van der Waals surface area contributed by atoms with Gasteiger partial charge in [-0.1, -0.05) is 41.7 Å². The summed E-state index contributed by atoms with van der Waals surface area (Å²) in [6, 6.07) is 8.86. The highest BCUT2D eigenvalue weighted by molar-refractivity contribution is 7.17. The number of aryl methyl sites for hydroxylation is 1. The predicted molar refractivity (Wildman–Crippen MR) is 93.5 cm³/mol. The molecular formula is C17H19N3O3S. The summed E-state index contributed by atoms with van der Waals surface area (Å²) in [5, 5.41) is 3.02. The van der Waals surface area contributed by atoms with Crippen LogP contribution in [0.2, 0.25) is 0 Å². The maximum absolute atomic E-state index is 12.0. The molecule has 0 atom stereocenters. The highest BCUT2D eigenvalue weighted by Crippen LogP contribution is 2.23. The Morgan fingerprint density at radius 1 is 1.12 bits per heavy atom. The number of carbonyl (C=O) groups excluding carboxylic acids is 3. The van der Waals surface area contributed by atoms with Crippen LogP contribution in [0.4, 0.5) is 5.13 Å². The van der Waals surface area contributed by atoms with Crippen LogP contribution in [0.5, 0.6) is 0 Å². The number of hydrogen-bond donors (Lipinski definition) is 1. The summed E-state index contributed by atoms with van der Waals surface area (Å²) in [6.45, 7) is 1.72. The number of aromatic nitrogens is 1. The van der Waals surface area contributed by atoms with Gasteiger partial charge in [-0.2, -0.15) is 0 Å². The molecule has 0 fully saturated rings. The second-order valence-corrected chi connectivity index (χ2v) is 6.47. The summed E-state index contributed by atoms with van der Waals surface area (Å²) in [6.07, 6.45) is 0.201. The fourth-order valence-corrected chi connectivity index (χ4v) is 3.03. The van der Waals surface area contributed by atoms with Gasteiger partial charge in [-0.05, 0) is 6.92 Å². The van der Waals surface area contributed by atoms with Crippen LogP contribution in [-0.4, -0.2) is 41.6 Å². The standard InChI is InChI=1S/C17H19N3O3S/c1-11-15(16(23)20(2)3)24-17(18-11)19-14(22)10-9-13(21)12-7-5-4-6-8-12/h4-8H,9-10H2,1-3H3,(H,18,19,22). The van der Waals surface area contributed by atoms with Crippen molar-refractivity contribution in [1.82, 2.24) is 9.88 Å². The first-order chi connectivity index (χ1) is 11.4. The molecule has 0 saturated heterocycles. The van der Waals surface area contributed by atoms with Gasteiger partial charge in [-0.15, -0.1) is 0 Å². The molecule has 0 radical (unpaired) electrons. The first kappa shape index (κ1) is 17.8. The largest absolute Gasteiger partial charge is 0.344 e. The Bertz CT molecular complexity index is 754. The number of nitrogens with zero attached hydrogens (tertiary/aromatic N) is 2. The van der Waals surface area contributed by atoms with Crippen LogP contribution in [0.15, 0.2) is 30.3 Å². The Labute approximate surface area is 144 Å². The van der Waals surface area contributed by atoms with Gasteiger partial charge in [0.15, 0.2) is 10.9 Å². The van der Waals surface area contributed by atoms with E-state index in [1.165, 1.54) is 4.90 Å². The van der Waals surface area contributed by atoms with Gasteiger partial charge in [0.25, 0.3) is 5.91 Å². The number of nitrogens with one attached hydrogen (secondary N) is 1. The van der Waals surface area contributed by atoms with Crippen LogP contribution in [0.3, 0.4) is 0 Å². The lowest BCUT2D eigenvalue weighted by Gasteiger charge is -2.07. The molecule has 2 rings (SSSR count). The molecule has 24 heavy (non-hydrogen) atoms. The van der Waals surface area contributed by atoms with Gasteiger partial charge in [-0.25, -0.2) is 4.98 Å². The maximum atomic E-state index is 12.0. The molecule has 0 aliphatic carbocycles. The first-order valence-corrected chi connectivity index (χ1v) is 8.27. The number of ketones is 1. The molecule has 0 aliphatic rings. The van der Waals surface area contributed by atoms with Crippen molar-refractivity contribution >= 4 is 34.1 Å². The minimum atomic E-state index is -0.295. The first-order valence-electron chi connectivity index (χ1n) is 7.45. The van der Waals surface area contributed by atoms with Crippen molar-refractivity contribution in [2.45, 2.75) is 19.8 Å². The molecule has 0 spiro atoms. The van der Waals surface area contributed by atoms with E-state index in [-0.39, 0.29) is 30.4 Å². The number of Topliss-reactive ketones (excluding diaryl/α,β-unsaturated/α-hetero) is 1. The van der Waals surface area contributed by atoms with Crippen LogP contribution in [0, 0.1) is 6.92 Å². The molecule has 0 aliphatic heterocycles. The summed E-state index contributed by atoms with van der Waals surface area (Å²) in [5.41, 5.74) is 1.17. The average Bonchev–Trinajstić information content (AvgIpc) is 2.92. The van der Waals surface area contributed by atoms with E-state index < -0.39 is 0 Å². The molecule has 1 heterocycles. The van der Waals surface area contributed by atoms with E-state index >= 15 is 0 Å². The topological polar surface area (TPSA) is 79.4 Å². The third-order valence-electron chi connectivity index (χ3n) is 3.32. The second kappa shape index (κ2) is 7.83. The molecule has 0 bridgehead atoms. The second-order valence-electron chi connectivity index (χ2n) is 5.47. The van der Waals surface area contributed by atoms with Gasteiger partial charge in [0.1, 0.15) is 4.88 Å².